The second-order valence-electron chi connectivity index (χ2n) is 3.71. The lowest BCUT2D eigenvalue weighted by Crippen LogP contribution is -2.11. The van der Waals surface area contributed by atoms with Crippen molar-refractivity contribution < 1.29 is 9.15 Å². The van der Waals surface area contributed by atoms with Crippen LogP contribution < -0.4 is 5.63 Å². The molecule has 0 fully saturated rings. The van der Waals surface area contributed by atoms with Crippen molar-refractivity contribution in [1.29, 1.82) is 0 Å². The van der Waals surface area contributed by atoms with Crippen molar-refractivity contribution in [3.05, 3.63) is 58.5 Å². The zero-order valence-corrected chi connectivity index (χ0v) is 8.55. The van der Waals surface area contributed by atoms with Gasteiger partial charge in [-0.25, -0.2) is 4.79 Å². The van der Waals surface area contributed by atoms with Crippen LogP contribution in [0.15, 0.2) is 51.7 Å². The van der Waals surface area contributed by atoms with Gasteiger partial charge in [-0.15, -0.1) is 0 Å². The topological polar surface area (TPSA) is 39.4 Å². The largest absolute Gasteiger partial charge is 0.422 e. The van der Waals surface area contributed by atoms with Gasteiger partial charge in [0.1, 0.15) is 11.7 Å². The van der Waals surface area contributed by atoms with Gasteiger partial charge in [0.25, 0.3) is 0 Å². The molecule has 1 aromatic heterocycles. The van der Waals surface area contributed by atoms with Crippen molar-refractivity contribution >= 4 is 11.0 Å². The second kappa shape index (κ2) is 3.61. The Morgan fingerprint density at radius 2 is 2.12 bits per heavy atom. The van der Waals surface area contributed by atoms with Crippen molar-refractivity contribution in [1.82, 2.24) is 0 Å². The van der Waals surface area contributed by atoms with Crippen LogP contribution in [-0.2, 0) is 4.74 Å². The van der Waals surface area contributed by atoms with Crippen molar-refractivity contribution in [3.8, 4) is 0 Å². The summed E-state index contributed by atoms with van der Waals surface area (Å²) in [6.45, 7) is 0.553. The fourth-order valence-corrected chi connectivity index (χ4v) is 1.86. The molecular formula is C13H10O3. The standard InChI is InChI=1S/C13H10O3/c14-13-10(12-6-3-7-15-12)8-9-4-1-2-5-11(9)16-13/h1-6,8,12H,7H2. The molecule has 2 heterocycles. The van der Waals surface area contributed by atoms with Crippen LogP contribution in [0.5, 0.6) is 0 Å². The Morgan fingerprint density at radius 1 is 1.25 bits per heavy atom. The predicted molar refractivity (Wildman–Crippen MR) is 60.3 cm³/mol. The van der Waals surface area contributed by atoms with Gasteiger partial charge in [0.2, 0.25) is 0 Å². The van der Waals surface area contributed by atoms with Gasteiger partial charge in [0, 0.05) is 5.39 Å². The zero-order valence-electron chi connectivity index (χ0n) is 8.55. The summed E-state index contributed by atoms with van der Waals surface area (Å²) in [6, 6.07) is 9.29. The Kier molecular flexibility index (Phi) is 2.11. The van der Waals surface area contributed by atoms with E-state index in [0.29, 0.717) is 17.8 Å². The van der Waals surface area contributed by atoms with Crippen LogP contribution in [0.1, 0.15) is 11.7 Å². The highest BCUT2D eigenvalue weighted by Crippen LogP contribution is 2.23. The molecule has 0 spiro atoms. The smallest absolute Gasteiger partial charge is 0.342 e. The second-order valence-corrected chi connectivity index (χ2v) is 3.71. The molecule has 1 atom stereocenters. The fourth-order valence-electron chi connectivity index (χ4n) is 1.86. The molecule has 1 unspecified atom stereocenters. The van der Waals surface area contributed by atoms with Crippen molar-refractivity contribution in [2.24, 2.45) is 0 Å². The molecule has 80 valence electrons. The lowest BCUT2D eigenvalue weighted by atomic mass is 10.1. The average Bonchev–Trinajstić information content (AvgIpc) is 2.81. The van der Waals surface area contributed by atoms with E-state index in [2.05, 4.69) is 0 Å². The zero-order chi connectivity index (χ0) is 11.0. The summed E-state index contributed by atoms with van der Waals surface area (Å²) in [7, 11) is 0. The summed E-state index contributed by atoms with van der Waals surface area (Å²) in [5.41, 5.74) is 0.848. The van der Waals surface area contributed by atoms with E-state index in [-0.39, 0.29) is 11.7 Å². The van der Waals surface area contributed by atoms with Gasteiger partial charge in [-0.05, 0) is 12.1 Å². The maximum atomic E-state index is 11.7. The molecule has 1 aromatic carbocycles. The summed E-state index contributed by atoms with van der Waals surface area (Å²) < 4.78 is 10.6. The first kappa shape index (κ1) is 9.36. The molecule has 3 nitrogen and oxygen atoms in total. The molecule has 1 aliphatic rings. The summed E-state index contributed by atoms with van der Waals surface area (Å²) in [4.78, 5) is 11.7. The molecule has 2 aromatic rings. The van der Waals surface area contributed by atoms with Crippen LogP contribution in [0.4, 0.5) is 0 Å². The summed E-state index contributed by atoms with van der Waals surface area (Å²) in [5, 5.41) is 0.918. The molecular weight excluding hydrogens is 204 g/mol. The Hall–Kier alpha value is -1.87. The van der Waals surface area contributed by atoms with Gasteiger partial charge >= 0.3 is 5.63 Å². The third-order valence-corrected chi connectivity index (χ3v) is 2.66. The molecule has 0 amide bonds. The van der Waals surface area contributed by atoms with E-state index < -0.39 is 0 Å². The molecule has 0 aliphatic carbocycles. The highest BCUT2D eigenvalue weighted by molar-refractivity contribution is 5.76. The number of ether oxygens (including phenoxy) is 1. The maximum Gasteiger partial charge on any atom is 0.342 e. The van der Waals surface area contributed by atoms with Crippen molar-refractivity contribution in [2.45, 2.75) is 6.10 Å². The molecule has 0 saturated heterocycles. The monoisotopic (exact) mass is 214 g/mol. The van der Waals surface area contributed by atoms with Crippen LogP contribution >= 0.6 is 0 Å². The summed E-state index contributed by atoms with van der Waals surface area (Å²) in [5.74, 6) is 0. The molecule has 1 aliphatic heterocycles. The Balaban J connectivity index is 2.21. The van der Waals surface area contributed by atoms with E-state index >= 15 is 0 Å². The Labute approximate surface area is 92.0 Å². The number of benzene rings is 1. The Morgan fingerprint density at radius 3 is 2.94 bits per heavy atom. The first-order valence-corrected chi connectivity index (χ1v) is 5.16. The molecule has 3 rings (SSSR count). The van der Waals surface area contributed by atoms with E-state index in [1.54, 1.807) is 6.07 Å². The number of fused-ring (bicyclic) bond motifs is 1. The predicted octanol–water partition coefficient (Wildman–Crippen LogP) is 2.42. The fraction of sp³-hybridized carbons (Fsp3) is 0.154. The van der Waals surface area contributed by atoms with Gasteiger partial charge < -0.3 is 9.15 Å². The van der Waals surface area contributed by atoms with Gasteiger partial charge in [-0.2, -0.15) is 0 Å². The molecule has 0 radical (unpaired) electrons. The van der Waals surface area contributed by atoms with Crippen LogP contribution in [0.2, 0.25) is 0 Å². The van der Waals surface area contributed by atoms with Gasteiger partial charge in [0.05, 0.1) is 12.2 Å². The van der Waals surface area contributed by atoms with Gasteiger partial charge in [-0.3, -0.25) is 0 Å². The number of hydrogen-bond acceptors (Lipinski definition) is 3. The third-order valence-electron chi connectivity index (χ3n) is 2.66. The summed E-state index contributed by atoms with van der Waals surface area (Å²) in [6.07, 6.45) is 3.52. The van der Waals surface area contributed by atoms with E-state index in [1.165, 1.54) is 0 Å². The first-order chi connectivity index (χ1) is 7.84. The van der Waals surface area contributed by atoms with Crippen LogP contribution in [0.25, 0.3) is 11.0 Å². The molecule has 0 saturated carbocycles. The van der Waals surface area contributed by atoms with E-state index in [0.717, 1.165) is 5.39 Å². The van der Waals surface area contributed by atoms with Crippen LogP contribution in [-0.4, -0.2) is 6.61 Å². The SMILES string of the molecule is O=c1oc2ccccc2cc1C1C=CCO1. The highest BCUT2D eigenvalue weighted by Gasteiger charge is 2.17. The highest BCUT2D eigenvalue weighted by atomic mass is 16.5. The molecule has 0 bridgehead atoms. The van der Waals surface area contributed by atoms with E-state index in [1.807, 2.05) is 36.4 Å². The number of para-hydroxylation sites is 1. The number of hydrogen-bond donors (Lipinski definition) is 0. The molecule has 16 heavy (non-hydrogen) atoms. The third kappa shape index (κ3) is 1.46. The quantitative estimate of drug-likeness (QED) is 0.540. The van der Waals surface area contributed by atoms with Crippen molar-refractivity contribution in [2.75, 3.05) is 6.61 Å². The lowest BCUT2D eigenvalue weighted by molar-refractivity contribution is 0.127. The molecule has 3 heteroatoms. The van der Waals surface area contributed by atoms with Gasteiger partial charge in [0.15, 0.2) is 0 Å². The molecule has 0 N–H and O–H groups in total. The minimum Gasteiger partial charge on any atom is -0.422 e. The van der Waals surface area contributed by atoms with Crippen molar-refractivity contribution in [3.63, 3.8) is 0 Å². The maximum absolute atomic E-state index is 11.7. The first-order valence-electron chi connectivity index (χ1n) is 5.16. The Bertz CT molecular complexity index is 610. The van der Waals surface area contributed by atoms with E-state index in [4.69, 9.17) is 9.15 Å². The van der Waals surface area contributed by atoms with E-state index in [9.17, 15) is 4.79 Å². The average molecular weight is 214 g/mol. The van der Waals surface area contributed by atoms with Gasteiger partial charge in [-0.1, -0.05) is 30.4 Å². The van der Waals surface area contributed by atoms with Crippen LogP contribution in [0, 0.1) is 0 Å². The summed E-state index contributed by atoms with van der Waals surface area (Å²) >= 11 is 0. The normalized spacial score (nSPS) is 19.4. The lowest BCUT2D eigenvalue weighted by Gasteiger charge is -2.07. The minimum atomic E-state index is -0.324. The minimum absolute atomic E-state index is 0.263. The number of rotatable bonds is 1. The van der Waals surface area contributed by atoms with Crippen LogP contribution in [0.3, 0.4) is 0 Å².